The number of carbonyl (C=O) groups excluding carboxylic acids is 1. The smallest absolute Gasteiger partial charge is 0.418 e. The number of hydrogen-bond acceptors (Lipinski definition) is 3. The molecule has 0 fully saturated rings. The summed E-state index contributed by atoms with van der Waals surface area (Å²) in [4.78, 5) is 11.9. The molecule has 0 radical (unpaired) electrons. The van der Waals surface area contributed by atoms with Gasteiger partial charge in [-0.25, -0.2) is 0 Å². The fourth-order valence-corrected chi connectivity index (χ4v) is 1.70. The summed E-state index contributed by atoms with van der Waals surface area (Å²) in [6.07, 6.45) is -4.57. The van der Waals surface area contributed by atoms with E-state index in [-0.39, 0.29) is 11.4 Å². The van der Waals surface area contributed by atoms with Crippen LogP contribution in [0, 0.1) is 5.92 Å². The second kappa shape index (κ2) is 7.31. The average molecular weight is 304 g/mol. The minimum atomic E-state index is -4.57. The number of amides is 1. The Balaban J connectivity index is 2.94. The lowest BCUT2D eigenvalue weighted by Gasteiger charge is -2.17. The van der Waals surface area contributed by atoms with Crippen LogP contribution in [0.3, 0.4) is 0 Å². The molecule has 0 saturated carbocycles. The third-order valence-electron chi connectivity index (χ3n) is 2.94. The van der Waals surface area contributed by atoms with Gasteiger partial charge in [0.15, 0.2) is 0 Å². The zero-order valence-electron chi connectivity index (χ0n) is 12.2. The van der Waals surface area contributed by atoms with Crippen molar-refractivity contribution in [1.82, 2.24) is 5.32 Å². The highest BCUT2D eigenvalue weighted by Gasteiger charge is 2.34. The van der Waals surface area contributed by atoms with Crippen LogP contribution in [0.25, 0.3) is 0 Å². The van der Waals surface area contributed by atoms with E-state index in [1.165, 1.54) is 19.2 Å². The van der Waals surface area contributed by atoms with Crippen LogP contribution in [-0.2, 0) is 11.0 Å². The summed E-state index contributed by atoms with van der Waals surface area (Å²) >= 11 is 0. The molecule has 1 rings (SSSR count). The number of ether oxygens (including phenoxy) is 1. The molecule has 7 heteroatoms. The summed E-state index contributed by atoms with van der Waals surface area (Å²) in [5.74, 6) is -0.819. The molecule has 2 N–H and O–H groups in total. The van der Waals surface area contributed by atoms with Gasteiger partial charge in [0.05, 0.1) is 18.4 Å². The Morgan fingerprint density at radius 3 is 2.57 bits per heavy atom. The summed E-state index contributed by atoms with van der Waals surface area (Å²) in [6, 6.07) is 3.43. The van der Waals surface area contributed by atoms with E-state index in [1.807, 2.05) is 6.92 Å². The standard InChI is InChI=1S/C14H19F3N2O2/c1-4-18-8-9(2)13(20)19-12-6-5-10(21-3)7-11(12)14(15,16)17/h5-7,9,18H,4,8H2,1-3H3,(H,19,20). The van der Waals surface area contributed by atoms with E-state index in [0.29, 0.717) is 13.1 Å². The van der Waals surface area contributed by atoms with Gasteiger partial charge in [-0.1, -0.05) is 13.8 Å². The number of rotatable bonds is 6. The molecular formula is C14H19F3N2O2. The van der Waals surface area contributed by atoms with Crippen molar-refractivity contribution in [1.29, 1.82) is 0 Å². The summed E-state index contributed by atoms with van der Waals surface area (Å²) in [6.45, 7) is 4.62. The largest absolute Gasteiger partial charge is 0.497 e. The second-order valence-corrected chi connectivity index (χ2v) is 4.61. The van der Waals surface area contributed by atoms with Gasteiger partial charge in [-0.3, -0.25) is 4.79 Å². The summed E-state index contributed by atoms with van der Waals surface area (Å²) in [5, 5.41) is 5.30. The number of nitrogens with one attached hydrogen (secondary N) is 2. The highest BCUT2D eigenvalue weighted by molar-refractivity contribution is 5.93. The van der Waals surface area contributed by atoms with Crippen LogP contribution in [0.2, 0.25) is 0 Å². The number of anilines is 1. The first-order valence-electron chi connectivity index (χ1n) is 6.56. The zero-order chi connectivity index (χ0) is 16.0. The Labute approximate surface area is 121 Å². The molecule has 0 aliphatic heterocycles. The van der Waals surface area contributed by atoms with Gasteiger partial charge < -0.3 is 15.4 Å². The van der Waals surface area contributed by atoms with Crippen molar-refractivity contribution >= 4 is 11.6 Å². The molecule has 0 aliphatic rings. The van der Waals surface area contributed by atoms with Crippen molar-refractivity contribution in [3.63, 3.8) is 0 Å². The van der Waals surface area contributed by atoms with Gasteiger partial charge in [-0.2, -0.15) is 13.2 Å². The van der Waals surface area contributed by atoms with Crippen molar-refractivity contribution in [3.05, 3.63) is 23.8 Å². The lowest BCUT2D eigenvalue weighted by molar-refractivity contribution is -0.137. The highest BCUT2D eigenvalue weighted by atomic mass is 19.4. The lowest BCUT2D eigenvalue weighted by Crippen LogP contribution is -2.31. The Hall–Kier alpha value is -1.76. The molecule has 118 valence electrons. The van der Waals surface area contributed by atoms with Gasteiger partial charge in [-0.15, -0.1) is 0 Å². The molecule has 1 unspecified atom stereocenters. The molecule has 21 heavy (non-hydrogen) atoms. The quantitative estimate of drug-likeness (QED) is 0.849. The van der Waals surface area contributed by atoms with E-state index in [1.54, 1.807) is 6.92 Å². The summed E-state index contributed by atoms with van der Waals surface area (Å²) < 4.78 is 43.8. The molecule has 0 spiro atoms. The van der Waals surface area contributed by atoms with E-state index in [9.17, 15) is 18.0 Å². The Kier molecular flexibility index (Phi) is 6.02. The van der Waals surface area contributed by atoms with Crippen LogP contribution < -0.4 is 15.4 Å². The fourth-order valence-electron chi connectivity index (χ4n) is 1.70. The normalized spacial score (nSPS) is 12.9. The molecule has 1 aromatic carbocycles. The van der Waals surface area contributed by atoms with Gasteiger partial charge in [-0.05, 0) is 24.7 Å². The van der Waals surface area contributed by atoms with Gasteiger partial charge in [0.2, 0.25) is 5.91 Å². The predicted molar refractivity (Wildman–Crippen MR) is 74.3 cm³/mol. The monoisotopic (exact) mass is 304 g/mol. The molecular weight excluding hydrogens is 285 g/mol. The maximum atomic E-state index is 13.0. The summed E-state index contributed by atoms with van der Waals surface area (Å²) in [5.41, 5.74) is -1.19. The molecule has 0 aromatic heterocycles. The lowest BCUT2D eigenvalue weighted by atomic mass is 10.1. The summed E-state index contributed by atoms with van der Waals surface area (Å²) in [7, 11) is 1.28. The Bertz CT molecular complexity index is 490. The molecule has 1 atom stereocenters. The van der Waals surface area contributed by atoms with Crippen LogP contribution in [0.5, 0.6) is 5.75 Å². The van der Waals surface area contributed by atoms with E-state index in [0.717, 1.165) is 6.07 Å². The number of halogens is 3. The van der Waals surface area contributed by atoms with Crippen molar-refractivity contribution in [2.24, 2.45) is 5.92 Å². The number of hydrogen-bond donors (Lipinski definition) is 2. The average Bonchev–Trinajstić information content (AvgIpc) is 2.43. The third kappa shape index (κ3) is 4.93. The third-order valence-corrected chi connectivity index (χ3v) is 2.94. The Morgan fingerprint density at radius 1 is 1.38 bits per heavy atom. The SMILES string of the molecule is CCNCC(C)C(=O)Nc1ccc(OC)cc1C(F)(F)F. The molecule has 4 nitrogen and oxygen atoms in total. The molecule has 0 bridgehead atoms. The molecule has 0 aliphatic carbocycles. The number of methoxy groups -OCH3 is 1. The number of alkyl halides is 3. The topological polar surface area (TPSA) is 50.4 Å². The highest BCUT2D eigenvalue weighted by Crippen LogP contribution is 2.37. The van der Waals surface area contributed by atoms with Gasteiger partial charge in [0, 0.05) is 12.5 Å². The number of carbonyl (C=O) groups is 1. The van der Waals surface area contributed by atoms with Gasteiger partial charge >= 0.3 is 6.18 Å². The van der Waals surface area contributed by atoms with Crippen LogP contribution in [0.15, 0.2) is 18.2 Å². The van der Waals surface area contributed by atoms with Crippen molar-refractivity contribution in [2.45, 2.75) is 20.0 Å². The van der Waals surface area contributed by atoms with Crippen molar-refractivity contribution < 1.29 is 22.7 Å². The first-order valence-corrected chi connectivity index (χ1v) is 6.56. The molecule has 0 heterocycles. The van der Waals surface area contributed by atoms with E-state index in [2.05, 4.69) is 10.6 Å². The Morgan fingerprint density at radius 2 is 2.05 bits per heavy atom. The first kappa shape index (κ1) is 17.3. The van der Waals surface area contributed by atoms with Crippen LogP contribution in [0.1, 0.15) is 19.4 Å². The molecule has 1 aromatic rings. The van der Waals surface area contributed by atoms with Gasteiger partial charge in [0.25, 0.3) is 0 Å². The minimum absolute atomic E-state index is 0.0843. The zero-order valence-corrected chi connectivity index (χ0v) is 12.2. The van der Waals surface area contributed by atoms with Gasteiger partial charge in [0.1, 0.15) is 5.75 Å². The van der Waals surface area contributed by atoms with E-state index < -0.39 is 23.6 Å². The minimum Gasteiger partial charge on any atom is -0.497 e. The second-order valence-electron chi connectivity index (χ2n) is 4.61. The first-order chi connectivity index (χ1) is 9.79. The fraction of sp³-hybridized carbons (Fsp3) is 0.500. The van der Waals surface area contributed by atoms with E-state index >= 15 is 0 Å². The molecule has 0 saturated heterocycles. The van der Waals surface area contributed by atoms with E-state index in [4.69, 9.17) is 4.74 Å². The van der Waals surface area contributed by atoms with Crippen molar-refractivity contribution in [2.75, 3.05) is 25.5 Å². The van der Waals surface area contributed by atoms with Crippen molar-refractivity contribution in [3.8, 4) is 5.75 Å². The number of benzene rings is 1. The maximum Gasteiger partial charge on any atom is 0.418 e. The maximum absolute atomic E-state index is 13.0. The predicted octanol–water partition coefficient (Wildman–Crippen LogP) is 2.90. The van der Waals surface area contributed by atoms with Crippen LogP contribution in [0.4, 0.5) is 18.9 Å². The van der Waals surface area contributed by atoms with Crippen LogP contribution in [-0.4, -0.2) is 26.1 Å². The molecule has 1 amide bonds. The van der Waals surface area contributed by atoms with Crippen LogP contribution >= 0.6 is 0 Å².